The highest BCUT2D eigenvalue weighted by atomic mass is 35.5. The van der Waals surface area contributed by atoms with Gasteiger partial charge in [0.05, 0.1) is 22.8 Å². The molecule has 2 heterocycles. The molecule has 1 fully saturated rings. The molecule has 1 saturated heterocycles. The lowest BCUT2D eigenvalue weighted by molar-refractivity contribution is -0.132. The standard InChI is InChI=1S/C19H26Cl2N8O2.C2H6/c1-12-17(21)18(19(24-22)26(2)23)25-29(12)11-16(30)28-8-6-27(7-9-28)13-4-5-14(20)15(10-13)31-3;1-2/h4-5,10H,6-9,11,22-23H2,1-3H3;1-2H3/b24-19-;. The summed E-state index contributed by atoms with van der Waals surface area (Å²) in [6, 6.07) is 5.66. The Hall–Kier alpha value is -2.69. The lowest BCUT2D eigenvalue weighted by Gasteiger charge is -2.36. The van der Waals surface area contributed by atoms with Crippen molar-refractivity contribution in [1.29, 1.82) is 0 Å². The van der Waals surface area contributed by atoms with Gasteiger partial charge in [0.15, 0.2) is 5.84 Å². The molecule has 0 bridgehead atoms. The number of carbonyl (C=O) groups excluding carboxylic acids is 1. The first kappa shape index (κ1) is 26.6. The molecule has 1 amide bonds. The third-order valence-corrected chi connectivity index (χ3v) is 5.98. The van der Waals surface area contributed by atoms with Crippen molar-refractivity contribution in [3.05, 3.63) is 39.6 Å². The summed E-state index contributed by atoms with van der Waals surface area (Å²) < 4.78 is 6.84. The maximum Gasteiger partial charge on any atom is 0.244 e. The van der Waals surface area contributed by atoms with Crippen molar-refractivity contribution >= 4 is 40.6 Å². The average molecular weight is 499 g/mol. The van der Waals surface area contributed by atoms with Crippen LogP contribution < -0.4 is 21.3 Å². The second kappa shape index (κ2) is 12.0. The molecular formula is C21H32Cl2N8O2. The maximum absolute atomic E-state index is 12.9. The molecule has 1 aliphatic heterocycles. The zero-order chi connectivity index (χ0) is 24.7. The molecule has 33 heavy (non-hydrogen) atoms. The van der Waals surface area contributed by atoms with Crippen LogP contribution in [0.25, 0.3) is 0 Å². The van der Waals surface area contributed by atoms with E-state index in [1.165, 1.54) is 5.01 Å². The number of nitrogens with two attached hydrogens (primary N) is 2. The van der Waals surface area contributed by atoms with Crippen molar-refractivity contribution in [3.8, 4) is 5.75 Å². The minimum atomic E-state index is -0.0468. The molecule has 1 aromatic heterocycles. The number of halogens is 2. The summed E-state index contributed by atoms with van der Waals surface area (Å²) in [5, 5.41) is 10.2. The van der Waals surface area contributed by atoms with Crippen molar-refractivity contribution in [3.63, 3.8) is 0 Å². The number of hydrogen-bond donors (Lipinski definition) is 2. The van der Waals surface area contributed by atoms with Crippen LogP contribution in [0.4, 0.5) is 5.69 Å². The van der Waals surface area contributed by atoms with E-state index >= 15 is 0 Å². The van der Waals surface area contributed by atoms with Crippen LogP contribution in [0.2, 0.25) is 10.0 Å². The Morgan fingerprint density at radius 2 is 1.88 bits per heavy atom. The highest BCUT2D eigenvalue weighted by Crippen LogP contribution is 2.30. The number of hydrogen-bond acceptors (Lipinski definition) is 7. The van der Waals surface area contributed by atoms with Crippen LogP contribution in [0.5, 0.6) is 5.75 Å². The Morgan fingerprint density at radius 3 is 2.42 bits per heavy atom. The normalized spacial score (nSPS) is 14.0. The van der Waals surface area contributed by atoms with E-state index in [1.807, 2.05) is 36.9 Å². The van der Waals surface area contributed by atoms with Crippen LogP contribution in [-0.2, 0) is 11.3 Å². The van der Waals surface area contributed by atoms with E-state index in [1.54, 1.807) is 25.8 Å². The van der Waals surface area contributed by atoms with Gasteiger partial charge in [-0.05, 0) is 19.1 Å². The van der Waals surface area contributed by atoms with Gasteiger partial charge in [-0.1, -0.05) is 37.0 Å². The molecule has 0 saturated carbocycles. The van der Waals surface area contributed by atoms with Gasteiger partial charge in [0.1, 0.15) is 18.0 Å². The first-order chi connectivity index (χ1) is 15.8. The molecule has 10 nitrogen and oxygen atoms in total. The Balaban J connectivity index is 0.00000187. The van der Waals surface area contributed by atoms with Crippen LogP contribution in [0.1, 0.15) is 25.2 Å². The van der Waals surface area contributed by atoms with E-state index in [9.17, 15) is 4.79 Å². The molecule has 1 aliphatic rings. The van der Waals surface area contributed by atoms with Crippen molar-refractivity contribution in [2.45, 2.75) is 27.3 Å². The molecular weight excluding hydrogens is 467 g/mol. The first-order valence-corrected chi connectivity index (χ1v) is 11.4. The van der Waals surface area contributed by atoms with Crippen LogP contribution in [0.3, 0.4) is 0 Å². The third-order valence-electron chi connectivity index (χ3n) is 5.22. The number of amidine groups is 1. The quantitative estimate of drug-likeness (QED) is 0.281. The largest absolute Gasteiger partial charge is 0.495 e. The predicted molar refractivity (Wildman–Crippen MR) is 133 cm³/mol. The number of aromatic nitrogens is 2. The van der Waals surface area contributed by atoms with Crippen LogP contribution >= 0.6 is 23.2 Å². The Morgan fingerprint density at radius 1 is 1.24 bits per heavy atom. The monoisotopic (exact) mass is 498 g/mol. The summed E-state index contributed by atoms with van der Waals surface area (Å²) in [7, 11) is 3.17. The number of hydrazone groups is 1. The van der Waals surface area contributed by atoms with E-state index in [2.05, 4.69) is 15.1 Å². The summed E-state index contributed by atoms with van der Waals surface area (Å²) in [5.41, 5.74) is 1.98. The van der Waals surface area contributed by atoms with Crippen molar-refractivity contribution < 1.29 is 9.53 Å². The van der Waals surface area contributed by atoms with Crippen molar-refractivity contribution in [2.75, 3.05) is 45.2 Å². The van der Waals surface area contributed by atoms with Gasteiger partial charge < -0.3 is 20.4 Å². The number of amides is 1. The molecule has 0 aliphatic carbocycles. The maximum atomic E-state index is 12.9. The molecule has 0 atom stereocenters. The fraction of sp³-hybridized carbons (Fsp3) is 0.476. The summed E-state index contributed by atoms with van der Waals surface area (Å²) in [6.45, 7) is 8.41. The molecule has 0 unspecified atom stereocenters. The van der Waals surface area contributed by atoms with Crippen LogP contribution in [0, 0.1) is 6.92 Å². The van der Waals surface area contributed by atoms with E-state index in [4.69, 9.17) is 39.6 Å². The van der Waals surface area contributed by atoms with Gasteiger partial charge in [-0.3, -0.25) is 14.5 Å². The van der Waals surface area contributed by atoms with Crippen LogP contribution in [-0.4, -0.2) is 71.8 Å². The van der Waals surface area contributed by atoms with E-state index in [0.717, 1.165) is 5.69 Å². The van der Waals surface area contributed by atoms with Gasteiger partial charge in [-0.25, -0.2) is 5.84 Å². The number of methoxy groups -OCH3 is 1. The minimum absolute atomic E-state index is 0.0468. The van der Waals surface area contributed by atoms with Gasteiger partial charge >= 0.3 is 0 Å². The van der Waals surface area contributed by atoms with Crippen LogP contribution in [0.15, 0.2) is 23.3 Å². The van der Waals surface area contributed by atoms with Crippen molar-refractivity contribution in [1.82, 2.24) is 19.7 Å². The fourth-order valence-electron chi connectivity index (χ4n) is 3.43. The molecule has 4 N–H and O–H groups in total. The summed E-state index contributed by atoms with van der Waals surface area (Å²) in [6.07, 6.45) is 0. The Bertz CT molecular complexity index is 985. The van der Waals surface area contributed by atoms with E-state index in [-0.39, 0.29) is 18.3 Å². The summed E-state index contributed by atoms with van der Waals surface area (Å²) in [4.78, 5) is 16.9. The van der Waals surface area contributed by atoms with Gasteiger partial charge in [-0.2, -0.15) is 10.2 Å². The number of piperazine rings is 1. The molecule has 1 aromatic carbocycles. The first-order valence-electron chi connectivity index (χ1n) is 10.6. The van der Waals surface area contributed by atoms with E-state index < -0.39 is 0 Å². The highest BCUT2D eigenvalue weighted by Gasteiger charge is 2.25. The van der Waals surface area contributed by atoms with Crippen molar-refractivity contribution in [2.24, 2.45) is 16.8 Å². The lowest BCUT2D eigenvalue weighted by atomic mass is 10.2. The van der Waals surface area contributed by atoms with Gasteiger partial charge in [-0.15, -0.1) is 0 Å². The van der Waals surface area contributed by atoms with Gasteiger partial charge in [0, 0.05) is 45.0 Å². The highest BCUT2D eigenvalue weighted by molar-refractivity contribution is 6.34. The average Bonchev–Trinajstić information content (AvgIpc) is 3.09. The molecule has 182 valence electrons. The Kier molecular flexibility index (Phi) is 9.63. The number of ether oxygens (including phenoxy) is 1. The molecule has 0 spiro atoms. The third kappa shape index (κ3) is 6.01. The fourth-order valence-corrected chi connectivity index (χ4v) is 3.84. The summed E-state index contributed by atoms with van der Waals surface area (Å²) >= 11 is 12.5. The lowest BCUT2D eigenvalue weighted by Crippen LogP contribution is -2.49. The molecule has 0 radical (unpaired) electrons. The number of carbonyl (C=O) groups is 1. The van der Waals surface area contributed by atoms with Gasteiger partial charge in [0.25, 0.3) is 0 Å². The minimum Gasteiger partial charge on any atom is -0.495 e. The zero-order valence-corrected chi connectivity index (χ0v) is 21.2. The summed E-state index contributed by atoms with van der Waals surface area (Å²) in [5.74, 6) is 11.9. The number of anilines is 1. The topological polar surface area (TPSA) is 118 Å². The van der Waals surface area contributed by atoms with Gasteiger partial charge in [0.2, 0.25) is 5.91 Å². The Labute approximate surface area is 204 Å². The van der Waals surface area contributed by atoms with E-state index in [0.29, 0.717) is 53.4 Å². The number of hydrazine groups is 1. The smallest absolute Gasteiger partial charge is 0.244 e. The predicted octanol–water partition coefficient (Wildman–Crippen LogP) is 2.31. The SMILES string of the molecule is CC.COc1cc(N2CCN(C(=O)Cn3nc(/C(=N/N)N(C)N)c(Cl)c3C)CC2)ccc1Cl. The molecule has 3 rings (SSSR count). The molecule has 12 heteroatoms. The second-order valence-corrected chi connectivity index (χ2v) is 7.94. The number of nitrogens with zero attached hydrogens (tertiary/aromatic N) is 6. The zero-order valence-electron chi connectivity index (χ0n) is 19.7. The number of benzene rings is 1. The number of rotatable bonds is 5. The molecule has 2 aromatic rings. The second-order valence-electron chi connectivity index (χ2n) is 7.16.